The van der Waals surface area contributed by atoms with E-state index < -0.39 is 11.6 Å². The minimum Gasteiger partial charge on any atom is -0.530 e. The second kappa shape index (κ2) is 4.74. The number of halogens is 1. The summed E-state index contributed by atoms with van der Waals surface area (Å²) in [5.41, 5.74) is 0.253. The molecule has 0 saturated carbocycles. The quantitative estimate of drug-likeness (QED) is 0.864. The first-order valence-corrected chi connectivity index (χ1v) is 5.36. The van der Waals surface area contributed by atoms with Crippen molar-refractivity contribution in [2.75, 3.05) is 6.54 Å². The highest BCUT2D eigenvalue weighted by molar-refractivity contribution is 6.30. The molecule has 0 aliphatic carbocycles. The Bertz CT molecular complexity index is 370. The molecule has 1 aromatic rings. The lowest BCUT2D eigenvalue weighted by Crippen LogP contribution is -2.52. The van der Waals surface area contributed by atoms with Crippen LogP contribution in [0, 0.1) is 0 Å². The molecule has 1 N–H and O–H groups in total. The molecule has 0 saturated heterocycles. The van der Waals surface area contributed by atoms with Gasteiger partial charge < -0.3 is 19.8 Å². The van der Waals surface area contributed by atoms with E-state index in [9.17, 15) is 9.90 Å². The summed E-state index contributed by atoms with van der Waals surface area (Å²) in [6.45, 7) is 5.78. The van der Waals surface area contributed by atoms with Gasteiger partial charge in [-0.25, -0.2) is 4.98 Å². The Morgan fingerprint density at radius 3 is 2.62 bits per heavy atom. The highest BCUT2D eigenvalue weighted by Crippen LogP contribution is 2.15. The monoisotopic (exact) mass is 244 g/mol. The molecule has 0 unspecified atom stereocenters. The van der Waals surface area contributed by atoms with Crippen LogP contribution in [-0.2, 0) is 6.42 Å². The van der Waals surface area contributed by atoms with Crippen molar-refractivity contribution < 1.29 is 9.90 Å². The van der Waals surface area contributed by atoms with Gasteiger partial charge in [-0.3, -0.25) is 0 Å². The summed E-state index contributed by atoms with van der Waals surface area (Å²) < 4.78 is 0. The Kier molecular flexibility index (Phi) is 3.80. The smallest absolute Gasteiger partial charge is 0.150 e. The van der Waals surface area contributed by atoms with E-state index >= 15 is 0 Å². The number of carboxylic acid groups (broad SMARTS) is 1. The Labute approximate surface area is 99.4 Å². The highest BCUT2D eigenvalue weighted by atomic mass is 35.5. The van der Waals surface area contributed by atoms with Gasteiger partial charge >= 0.3 is 0 Å². The summed E-state index contributed by atoms with van der Waals surface area (Å²) in [6, 6.07) is 0. The predicted molar refractivity (Wildman–Crippen MR) is 59.2 cm³/mol. The van der Waals surface area contributed by atoms with E-state index in [1.54, 1.807) is 0 Å². The van der Waals surface area contributed by atoms with Crippen molar-refractivity contribution >= 4 is 17.7 Å². The molecule has 0 spiro atoms. The number of nitrogens with zero attached hydrogens (tertiary/aromatic N) is 2. The Balaban J connectivity index is 2.65. The van der Waals surface area contributed by atoms with Gasteiger partial charge in [0, 0.05) is 18.5 Å². The third-order valence-corrected chi connectivity index (χ3v) is 2.61. The summed E-state index contributed by atoms with van der Waals surface area (Å²) in [6.07, 6.45) is 0.797. The molecule has 1 heterocycles. The second-order valence-corrected chi connectivity index (χ2v) is 4.87. The van der Waals surface area contributed by atoms with Crippen LogP contribution in [0.4, 0.5) is 4.79 Å². The fourth-order valence-electron chi connectivity index (χ4n) is 1.40. The van der Waals surface area contributed by atoms with Gasteiger partial charge in [0.05, 0.1) is 12.0 Å². The molecular weight excluding hydrogens is 230 g/mol. The van der Waals surface area contributed by atoms with Gasteiger partial charge in [0.1, 0.15) is 11.2 Å². The molecule has 1 amide bonds. The Morgan fingerprint density at radius 2 is 2.25 bits per heavy atom. The van der Waals surface area contributed by atoms with Crippen LogP contribution in [0.15, 0.2) is 6.33 Å². The number of hydrogen-bond acceptors (Lipinski definition) is 3. The number of hydrogen-bond donors (Lipinski definition) is 1. The molecule has 1 aromatic heterocycles. The van der Waals surface area contributed by atoms with Crippen LogP contribution in [0.5, 0.6) is 0 Å². The number of aromatic amines is 1. The number of rotatable bonds is 3. The van der Waals surface area contributed by atoms with Gasteiger partial charge in [-0.2, -0.15) is 0 Å². The van der Waals surface area contributed by atoms with Crippen LogP contribution in [0.1, 0.15) is 26.5 Å². The maximum absolute atomic E-state index is 10.9. The molecule has 5 nitrogen and oxygen atoms in total. The van der Waals surface area contributed by atoms with E-state index in [0.29, 0.717) is 18.1 Å². The zero-order valence-corrected chi connectivity index (χ0v) is 10.3. The number of nitrogens with one attached hydrogen (secondary N) is 1. The van der Waals surface area contributed by atoms with Crippen molar-refractivity contribution in [3.63, 3.8) is 0 Å². The average molecular weight is 245 g/mol. The van der Waals surface area contributed by atoms with Crippen molar-refractivity contribution in [1.29, 1.82) is 0 Å². The molecule has 0 aliphatic rings. The lowest BCUT2D eigenvalue weighted by molar-refractivity contribution is -0.270. The first kappa shape index (κ1) is 12.8. The molecule has 6 heteroatoms. The maximum Gasteiger partial charge on any atom is 0.150 e. The summed E-state index contributed by atoms with van der Waals surface area (Å²) in [5, 5.41) is 11.3. The average Bonchev–Trinajstić information content (AvgIpc) is 2.49. The Hall–Kier alpha value is -1.23. The Morgan fingerprint density at radius 1 is 1.62 bits per heavy atom. The second-order valence-electron chi connectivity index (χ2n) is 4.51. The summed E-state index contributed by atoms with van der Waals surface area (Å²) in [4.78, 5) is 18.9. The molecule has 0 fully saturated rings. The minimum atomic E-state index is -1.18. The van der Waals surface area contributed by atoms with Crippen molar-refractivity contribution in [2.24, 2.45) is 0 Å². The van der Waals surface area contributed by atoms with E-state index in [1.165, 1.54) is 11.2 Å². The van der Waals surface area contributed by atoms with Crippen molar-refractivity contribution in [3.8, 4) is 0 Å². The van der Waals surface area contributed by atoms with Gasteiger partial charge in [-0.1, -0.05) is 11.6 Å². The lowest BCUT2D eigenvalue weighted by atomic mass is 10.1. The van der Waals surface area contributed by atoms with E-state index in [1.807, 2.05) is 20.8 Å². The molecule has 16 heavy (non-hydrogen) atoms. The maximum atomic E-state index is 10.9. The largest absolute Gasteiger partial charge is 0.530 e. The third kappa shape index (κ3) is 3.13. The third-order valence-electron chi connectivity index (χ3n) is 2.28. The summed E-state index contributed by atoms with van der Waals surface area (Å²) in [5.74, 6) is 0. The number of carbonyl (C=O) groups excluding carboxylic acids is 1. The number of amides is 1. The van der Waals surface area contributed by atoms with Gasteiger partial charge in [0.25, 0.3) is 0 Å². The standard InChI is InChI=1S/C10H16ClN3O2/c1-10(2,3)14(9(15)16)5-4-7-8(11)13-6-12-7/h6H,4-5H2,1-3H3,(H,12,13)(H,15,16)/p-1. The highest BCUT2D eigenvalue weighted by Gasteiger charge is 2.21. The molecule has 1 rings (SSSR count). The van der Waals surface area contributed by atoms with E-state index in [0.717, 1.165) is 5.69 Å². The molecule has 90 valence electrons. The first-order valence-electron chi connectivity index (χ1n) is 4.98. The topological polar surface area (TPSA) is 72.0 Å². The molecule has 0 aromatic carbocycles. The SMILES string of the molecule is CC(C)(C)N(CCc1[nH]cnc1Cl)C(=O)[O-]. The fraction of sp³-hybridized carbons (Fsp3) is 0.600. The van der Waals surface area contributed by atoms with Crippen LogP contribution in [0.2, 0.25) is 5.15 Å². The minimum absolute atomic E-state index is 0.327. The van der Waals surface area contributed by atoms with Gasteiger partial charge in [0.15, 0.2) is 0 Å². The van der Waals surface area contributed by atoms with Crippen molar-refractivity contribution in [3.05, 3.63) is 17.2 Å². The van der Waals surface area contributed by atoms with Gasteiger partial charge in [-0.05, 0) is 20.8 Å². The van der Waals surface area contributed by atoms with E-state index in [-0.39, 0.29) is 0 Å². The van der Waals surface area contributed by atoms with Crippen molar-refractivity contribution in [2.45, 2.75) is 32.7 Å². The lowest BCUT2D eigenvalue weighted by Gasteiger charge is -2.37. The van der Waals surface area contributed by atoms with E-state index in [2.05, 4.69) is 9.97 Å². The molecular formula is C10H15ClN3O2-. The fourth-order valence-corrected chi connectivity index (χ4v) is 1.60. The molecule has 0 aliphatic heterocycles. The van der Waals surface area contributed by atoms with Crippen LogP contribution in [0.3, 0.4) is 0 Å². The zero-order valence-electron chi connectivity index (χ0n) is 9.58. The van der Waals surface area contributed by atoms with Crippen LogP contribution in [0.25, 0.3) is 0 Å². The normalized spacial score (nSPS) is 11.5. The molecule has 0 atom stereocenters. The zero-order chi connectivity index (χ0) is 12.3. The molecule has 0 bridgehead atoms. The van der Waals surface area contributed by atoms with Crippen molar-refractivity contribution in [1.82, 2.24) is 14.9 Å². The first-order chi connectivity index (χ1) is 7.32. The van der Waals surface area contributed by atoms with E-state index in [4.69, 9.17) is 11.6 Å². The molecule has 0 radical (unpaired) electrons. The summed E-state index contributed by atoms with van der Waals surface area (Å²) >= 11 is 5.79. The van der Waals surface area contributed by atoms with Crippen LogP contribution < -0.4 is 5.11 Å². The number of aromatic nitrogens is 2. The number of H-pyrrole nitrogens is 1. The summed E-state index contributed by atoms with van der Waals surface area (Å²) in [7, 11) is 0. The number of imidazole rings is 1. The van der Waals surface area contributed by atoms with Gasteiger partial charge in [-0.15, -0.1) is 0 Å². The van der Waals surface area contributed by atoms with Gasteiger partial charge in [0.2, 0.25) is 0 Å². The van der Waals surface area contributed by atoms with Crippen LogP contribution in [-0.4, -0.2) is 33.0 Å². The van der Waals surface area contributed by atoms with Crippen LogP contribution >= 0.6 is 11.6 Å². The number of carbonyl (C=O) groups is 1. The predicted octanol–water partition coefficient (Wildman–Crippen LogP) is 1.05.